The fourth-order valence-electron chi connectivity index (χ4n) is 2.49. The number of ether oxygens (including phenoxy) is 3. The van der Waals surface area contributed by atoms with E-state index in [0.29, 0.717) is 26.2 Å². The molecule has 2 aromatic carbocycles. The number of fused-ring (bicyclic) bond motifs is 1. The number of nitrogens with zero attached hydrogens (tertiary/aromatic N) is 1. The highest BCUT2D eigenvalue weighted by Crippen LogP contribution is 2.33. The maximum atomic E-state index is 12.3. The minimum Gasteiger partial charge on any atom is -0.493 e. The fourth-order valence-corrected chi connectivity index (χ4v) is 3.65. The van der Waals surface area contributed by atoms with Crippen molar-refractivity contribution in [1.82, 2.24) is 5.43 Å². The summed E-state index contributed by atoms with van der Waals surface area (Å²) in [5, 5.41) is 4.78. The van der Waals surface area contributed by atoms with Gasteiger partial charge in [0, 0.05) is 9.86 Å². The molecule has 8 nitrogen and oxygen atoms in total. The summed E-state index contributed by atoms with van der Waals surface area (Å²) in [6.45, 7) is -0.236. The number of rotatable bonds is 7. The molecule has 10 heteroatoms. The molecule has 0 spiro atoms. The molecule has 156 valence electrons. The number of halogens is 2. The molecule has 1 N–H and O–H groups in total. The predicted octanol–water partition coefficient (Wildman–Crippen LogP) is 4.12. The first kappa shape index (κ1) is 22.1. The number of benzene rings is 2. The molecule has 0 fully saturated rings. The molecule has 0 saturated carbocycles. The smallest absolute Gasteiger partial charge is 0.343 e. The first-order valence-electron chi connectivity index (χ1n) is 8.51. The third-order valence-corrected chi connectivity index (χ3v) is 5.19. The van der Waals surface area contributed by atoms with Crippen LogP contribution in [-0.4, -0.2) is 38.9 Å². The van der Waals surface area contributed by atoms with Crippen molar-refractivity contribution in [1.29, 1.82) is 0 Å². The minimum absolute atomic E-state index is 0.152. The van der Waals surface area contributed by atoms with Gasteiger partial charge in [-0.1, -0.05) is 15.9 Å². The van der Waals surface area contributed by atoms with E-state index in [4.69, 9.17) is 13.9 Å². The van der Waals surface area contributed by atoms with Crippen LogP contribution >= 0.6 is 38.5 Å². The van der Waals surface area contributed by atoms with Crippen molar-refractivity contribution in [2.75, 3.05) is 20.8 Å². The number of carbonyl (C=O) groups is 2. The summed E-state index contributed by atoms with van der Waals surface area (Å²) >= 11 is 5.43. The zero-order chi connectivity index (χ0) is 21.7. The van der Waals surface area contributed by atoms with Crippen LogP contribution in [0.15, 0.2) is 50.4 Å². The average Bonchev–Trinajstić information content (AvgIpc) is 3.15. The Kier molecular flexibility index (Phi) is 7.32. The first-order valence-corrected chi connectivity index (χ1v) is 10.4. The Hall–Kier alpha value is -2.60. The van der Waals surface area contributed by atoms with Gasteiger partial charge in [0.05, 0.1) is 24.0 Å². The van der Waals surface area contributed by atoms with Crippen LogP contribution in [0.4, 0.5) is 0 Å². The van der Waals surface area contributed by atoms with Gasteiger partial charge in [-0.3, -0.25) is 4.79 Å². The highest BCUT2D eigenvalue weighted by atomic mass is 127. The molecule has 0 aliphatic heterocycles. The lowest BCUT2D eigenvalue weighted by Crippen LogP contribution is -2.16. The SMILES string of the molecule is COC(=O)COc1c(I)cc(/C=N/NC(=O)c2cc3cc(Br)ccc3o2)cc1OC. The van der Waals surface area contributed by atoms with Gasteiger partial charge in [0.15, 0.2) is 23.9 Å². The Balaban J connectivity index is 1.70. The van der Waals surface area contributed by atoms with Crippen LogP contribution in [0.5, 0.6) is 11.5 Å². The molecule has 0 unspecified atom stereocenters. The van der Waals surface area contributed by atoms with Crippen molar-refractivity contribution in [2.24, 2.45) is 5.10 Å². The van der Waals surface area contributed by atoms with E-state index < -0.39 is 11.9 Å². The number of nitrogens with one attached hydrogen (secondary N) is 1. The zero-order valence-corrected chi connectivity index (χ0v) is 19.6. The van der Waals surface area contributed by atoms with E-state index in [0.717, 1.165) is 9.86 Å². The van der Waals surface area contributed by atoms with Crippen LogP contribution in [0.1, 0.15) is 16.1 Å². The van der Waals surface area contributed by atoms with Crippen LogP contribution in [0.2, 0.25) is 0 Å². The lowest BCUT2D eigenvalue weighted by Gasteiger charge is -2.12. The van der Waals surface area contributed by atoms with Crippen LogP contribution in [0.25, 0.3) is 11.0 Å². The van der Waals surface area contributed by atoms with E-state index in [1.807, 2.05) is 12.1 Å². The van der Waals surface area contributed by atoms with Crippen molar-refractivity contribution in [3.05, 3.63) is 55.8 Å². The van der Waals surface area contributed by atoms with Crippen molar-refractivity contribution in [2.45, 2.75) is 0 Å². The molecule has 0 aliphatic rings. The predicted molar refractivity (Wildman–Crippen MR) is 122 cm³/mol. The van der Waals surface area contributed by atoms with Gasteiger partial charge >= 0.3 is 11.9 Å². The Morgan fingerprint density at radius 3 is 2.77 bits per heavy atom. The van der Waals surface area contributed by atoms with Crippen LogP contribution < -0.4 is 14.9 Å². The second kappa shape index (κ2) is 9.94. The summed E-state index contributed by atoms with van der Waals surface area (Å²) in [5.74, 6) is 0.0101. The van der Waals surface area contributed by atoms with Crippen LogP contribution in [0.3, 0.4) is 0 Å². The Morgan fingerprint density at radius 2 is 2.03 bits per heavy atom. The number of hydrazone groups is 1. The maximum Gasteiger partial charge on any atom is 0.343 e. The quantitative estimate of drug-likeness (QED) is 0.193. The molecule has 1 amide bonds. The van der Waals surface area contributed by atoms with E-state index >= 15 is 0 Å². The molecule has 0 radical (unpaired) electrons. The minimum atomic E-state index is -0.501. The standard InChI is InChI=1S/C20H16BrIN2O6/c1-27-16-6-11(5-14(22)19(16)29-10-18(25)28-2)9-23-24-20(26)17-8-12-7-13(21)3-4-15(12)30-17/h3-9H,10H2,1-2H3,(H,24,26)/b23-9+. The highest BCUT2D eigenvalue weighted by molar-refractivity contribution is 14.1. The van der Waals surface area contributed by atoms with E-state index in [1.54, 1.807) is 24.3 Å². The van der Waals surface area contributed by atoms with Gasteiger partial charge in [-0.05, 0) is 64.6 Å². The summed E-state index contributed by atoms with van der Waals surface area (Å²) < 4.78 is 22.5. The van der Waals surface area contributed by atoms with E-state index in [9.17, 15) is 9.59 Å². The third-order valence-electron chi connectivity index (χ3n) is 3.90. The summed E-state index contributed by atoms with van der Waals surface area (Å²) in [6, 6.07) is 10.5. The van der Waals surface area contributed by atoms with Gasteiger partial charge < -0.3 is 18.6 Å². The van der Waals surface area contributed by atoms with Gasteiger partial charge in [-0.25, -0.2) is 10.2 Å². The number of esters is 1. The molecule has 1 aromatic heterocycles. The second-order valence-electron chi connectivity index (χ2n) is 5.89. The van der Waals surface area contributed by atoms with E-state index in [2.05, 4.69) is 53.8 Å². The summed E-state index contributed by atoms with van der Waals surface area (Å²) in [5.41, 5.74) is 3.70. The Bertz CT molecular complexity index is 1130. The summed E-state index contributed by atoms with van der Waals surface area (Å²) in [7, 11) is 2.77. The lowest BCUT2D eigenvalue weighted by molar-refractivity contribution is -0.142. The number of methoxy groups -OCH3 is 2. The van der Waals surface area contributed by atoms with Crippen molar-refractivity contribution >= 4 is 67.6 Å². The highest BCUT2D eigenvalue weighted by Gasteiger charge is 2.14. The molecule has 30 heavy (non-hydrogen) atoms. The molecule has 0 saturated heterocycles. The molecule has 0 bridgehead atoms. The zero-order valence-electron chi connectivity index (χ0n) is 15.9. The van der Waals surface area contributed by atoms with E-state index in [-0.39, 0.29) is 12.4 Å². The lowest BCUT2D eigenvalue weighted by atomic mass is 10.2. The van der Waals surface area contributed by atoms with Crippen molar-refractivity contribution in [3.63, 3.8) is 0 Å². The number of hydrogen-bond acceptors (Lipinski definition) is 7. The largest absolute Gasteiger partial charge is 0.493 e. The average molecular weight is 587 g/mol. The summed E-state index contributed by atoms with van der Waals surface area (Å²) in [4.78, 5) is 23.6. The van der Waals surface area contributed by atoms with E-state index in [1.165, 1.54) is 20.4 Å². The molecular weight excluding hydrogens is 571 g/mol. The molecule has 0 aliphatic carbocycles. The monoisotopic (exact) mass is 586 g/mol. The molecule has 3 aromatic rings. The van der Waals surface area contributed by atoms with Gasteiger partial charge in [0.2, 0.25) is 0 Å². The molecular formula is C20H16BrIN2O6. The molecule has 1 heterocycles. The second-order valence-corrected chi connectivity index (χ2v) is 7.97. The fraction of sp³-hybridized carbons (Fsp3) is 0.150. The van der Waals surface area contributed by atoms with Gasteiger partial charge in [0.25, 0.3) is 0 Å². The topological polar surface area (TPSA) is 99.4 Å². The van der Waals surface area contributed by atoms with Crippen LogP contribution in [-0.2, 0) is 9.53 Å². The van der Waals surface area contributed by atoms with Gasteiger partial charge in [-0.15, -0.1) is 0 Å². The van der Waals surface area contributed by atoms with Crippen LogP contribution in [0, 0.1) is 3.57 Å². The number of amides is 1. The van der Waals surface area contributed by atoms with Crippen molar-refractivity contribution in [3.8, 4) is 11.5 Å². The number of carbonyl (C=O) groups excluding carboxylic acids is 2. The maximum absolute atomic E-state index is 12.3. The Labute approximate surface area is 193 Å². The Morgan fingerprint density at radius 1 is 1.23 bits per heavy atom. The number of furan rings is 1. The van der Waals surface area contributed by atoms with Gasteiger partial charge in [0.1, 0.15) is 5.58 Å². The van der Waals surface area contributed by atoms with Gasteiger partial charge in [-0.2, -0.15) is 5.10 Å². The summed E-state index contributed by atoms with van der Waals surface area (Å²) in [6.07, 6.45) is 1.46. The first-order chi connectivity index (χ1) is 14.4. The number of hydrogen-bond donors (Lipinski definition) is 1. The third kappa shape index (κ3) is 5.30. The molecule has 0 atom stereocenters. The molecule has 3 rings (SSSR count). The van der Waals surface area contributed by atoms with Crippen molar-refractivity contribution < 1.29 is 28.2 Å². The normalized spacial score (nSPS) is 10.9.